The highest BCUT2D eigenvalue weighted by Crippen LogP contribution is 2.36. The number of hydrogen-bond donors (Lipinski definition) is 1. The van der Waals surface area contributed by atoms with Crippen LogP contribution in [0.4, 0.5) is 0 Å². The van der Waals surface area contributed by atoms with Gasteiger partial charge in [-0.3, -0.25) is 4.90 Å². The molecule has 4 nitrogen and oxygen atoms in total. The maximum absolute atomic E-state index is 12.0. The fourth-order valence-corrected chi connectivity index (χ4v) is 4.38. The minimum Gasteiger partial charge on any atom is -0.329 e. The third-order valence-corrected chi connectivity index (χ3v) is 7.05. The van der Waals surface area contributed by atoms with Gasteiger partial charge in [0, 0.05) is 18.6 Å². The molecule has 0 amide bonds. The van der Waals surface area contributed by atoms with E-state index < -0.39 is 9.84 Å². The summed E-state index contributed by atoms with van der Waals surface area (Å²) in [7, 11) is -2.97. The molecule has 0 aromatic carbocycles. The Hall–Kier alpha value is -0.130. The second kappa shape index (κ2) is 7.23. The fraction of sp³-hybridized carbons (Fsp3) is 1.00. The molecule has 0 aromatic rings. The van der Waals surface area contributed by atoms with Crippen molar-refractivity contribution in [3.63, 3.8) is 0 Å². The van der Waals surface area contributed by atoms with Gasteiger partial charge in [0.05, 0.1) is 11.0 Å². The first-order valence-corrected chi connectivity index (χ1v) is 9.65. The van der Waals surface area contributed by atoms with Crippen LogP contribution in [-0.4, -0.2) is 49.5 Å². The molecule has 2 N–H and O–H groups in total. The first-order chi connectivity index (χ1) is 9.27. The van der Waals surface area contributed by atoms with E-state index >= 15 is 0 Å². The molecule has 0 aromatic heterocycles. The highest BCUT2D eigenvalue weighted by Gasteiger charge is 2.38. The molecule has 2 atom stereocenters. The van der Waals surface area contributed by atoms with Gasteiger partial charge < -0.3 is 5.73 Å². The molecule has 2 unspecified atom stereocenters. The van der Waals surface area contributed by atoms with Crippen LogP contribution in [0.5, 0.6) is 0 Å². The van der Waals surface area contributed by atoms with Gasteiger partial charge in [-0.1, -0.05) is 26.7 Å². The van der Waals surface area contributed by atoms with Gasteiger partial charge in [-0.05, 0) is 39.2 Å². The molecule has 0 saturated heterocycles. The number of rotatable bonds is 7. The van der Waals surface area contributed by atoms with E-state index in [2.05, 4.69) is 18.7 Å². The van der Waals surface area contributed by atoms with E-state index in [9.17, 15) is 8.42 Å². The molecule has 120 valence electrons. The highest BCUT2D eigenvalue weighted by atomic mass is 32.2. The number of nitrogens with two attached hydrogens (primary N) is 1. The van der Waals surface area contributed by atoms with Crippen LogP contribution < -0.4 is 5.73 Å². The number of sulfone groups is 1. The molecule has 0 spiro atoms. The van der Waals surface area contributed by atoms with E-state index in [4.69, 9.17) is 5.73 Å². The zero-order chi connectivity index (χ0) is 15.4. The van der Waals surface area contributed by atoms with Crippen LogP contribution in [0.2, 0.25) is 0 Å². The Morgan fingerprint density at radius 1 is 1.40 bits per heavy atom. The number of nitrogens with zero attached hydrogens (tertiary/aromatic N) is 1. The van der Waals surface area contributed by atoms with Crippen molar-refractivity contribution in [3.8, 4) is 0 Å². The van der Waals surface area contributed by atoms with Crippen molar-refractivity contribution in [1.29, 1.82) is 0 Å². The maximum atomic E-state index is 12.0. The summed E-state index contributed by atoms with van der Waals surface area (Å²) in [4.78, 5) is 2.32. The van der Waals surface area contributed by atoms with Gasteiger partial charge in [-0.25, -0.2) is 8.42 Å². The van der Waals surface area contributed by atoms with Gasteiger partial charge in [0.1, 0.15) is 0 Å². The summed E-state index contributed by atoms with van der Waals surface area (Å²) in [6.07, 6.45) is 4.66. The van der Waals surface area contributed by atoms with Crippen molar-refractivity contribution in [2.75, 3.05) is 25.4 Å². The topological polar surface area (TPSA) is 63.4 Å². The molecule has 20 heavy (non-hydrogen) atoms. The van der Waals surface area contributed by atoms with Gasteiger partial charge in [0.2, 0.25) is 0 Å². The maximum Gasteiger partial charge on any atom is 0.153 e. The molecule has 1 rings (SSSR count). The molecule has 0 heterocycles. The van der Waals surface area contributed by atoms with Gasteiger partial charge >= 0.3 is 0 Å². The van der Waals surface area contributed by atoms with Crippen LogP contribution in [0.15, 0.2) is 0 Å². The molecule has 1 saturated carbocycles. The van der Waals surface area contributed by atoms with Crippen molar-refractivity contribution in [3.05, 3.63) is 0 Å². The minimum atomic E-state index is -2.97. The van der Waals surface area contributed by atoms with Gasteiger partial charge in [-0.2, -0.15) is 0 Å². The average molecular weight is 305 g/mol. The van der Waals surface area contributed by atoms with Crippen LogP contribution in [0.1, 0.15) is 53.4 Å². The van der Waals surface area contributed by atoms with E-state index in [0.717, 1.165) is 19.4 Å². The Balaban J connectivity index is 2.78. The molecule has 0 radical (unpaired) electrons. The smallest absolute Gasteiger partial charge is 0.153 e. The number of likely N-dealkylation sites (N-methyl/N-ethyl adjacent to an activating group) is 1. The summed E-state index contributed by atoms with van der Waals surface area (Å²) < 4.78 is 24.1. The van der Waals surface area contributed by atoms with Gasteiger partial charge in [0.15, 0.2) is 9.84 Å². The van der Waals surface area contributed by atoms with Crippen molar-refractivity contribution >= 4 is 9.84 Å². The third kappa shape index (κ3) is 4.18. The SMILES string of the molecule is CCN(CCS(=O)(=O)C(C)C)C1(CN)CCCC(C)C1. The minimum absolute atomic E-state index is 0.0128. The average Bonchev–Trinajstić information content (AvgIpc) is 2.39. The van der Waals surface area contributed by atoms with Crippen LogP contribution in [0.25, 0.3) is 0 Å². The van der Waals surface area contributed by atoms with E-state index in [1.165, 1.54) is 12.8 Å². The number of hydrogen-bond acceptors (Lipinski definition) is 4. The monoisotopic (exact) mass is 304 g/mol. The second-order valence-electron chi connectivity index (χ2n) is 6.63. The molecule has 5 heteroatoms. The van der Waals surface area contributed by atoms with Gasteiger partial charge in [-0.15, -0.1) is 0 Å². The first-order valence-electron chi connectivity index (χ1n) is 7.94. The molecule has 0 bridgehead atoms. The van der Waals surface area contributed by atoms with Crippen LogP contribution in [0.3, 0.4) is 0 Å². The predicted octanol–water partition coefficient (Wildman–Crippen LogP) is 2.04. The molecular formula is C15H32N2O2S. The van der Waals surface area contributed by atoms with Crippen LogP contribution in [-0.2, 0) is 9.84 Å². The Bertz CT molecular complexity index is 395. The quantitative estimate of drug-likeness (QED) is 0.782. The van der Waals surface area contributed by atoms with E-state index in [-0.39, 0.29) is 16.5 Å². The molecule has 0 aliphatic heterocycles. The predicted molar refractivity (Wildman–Crippen MR) is 85.6 cm³/mol. The fourth-order valence-electron chi connectivity index (χ4n) is 3.44. The normalized spacial score (nSPS) is 28.2. The third-order valence-electron chi connectivity index (χ3n) is 4.86. The van der Waals surface area contributed by atoms with Crippen LogP contribution in [0, 0.1) is 5.92 Å². The lowest BCUT2D eigenvalue weighted by Gasteiger charge is -2.47. The molecular weight excluding hydrogens is 272 g/mol. The van der Waals surface area contributed by atoms with E-state index in [0.29, 0.717) is 19.0 Å². The highest BCUT2D eigenvalue weighted by molar-refractivity contribution is 7.92. The van der Waals surface area contributed by atoms with Gasteiger partial charge in [0.25, 0.3) is 0 Å². The Kier molecular flexibility index (Phi) is 6.48. The van der Waals surface area contributed by atoms with Crippen LogP contribution >= 0.6 is 0 Å². The molecule has 1 aliphatic carbocycles. The summed E-state index contributed by atoms with van der Waals surface area (Å²) in [6.45, 7) is 10.0. The largest absolute Gasteiger partial charge is 0.329 e. The lowest BCUT2D eigenvalue weighted by Crippen LogP contribution is -2.57. The van der Waals surface area contributed by atoms with Crippen molar-refractivity contribution in [2.24, 2.45) is 11.7 Å². The second-order valence-corrected chi connectivity index (χ2v) is 9.30. The zero-order valence-electron chi connectivity index (χ0n) is 13.6. The first kappa shape index (κ1) is 17.9. The Labute approximate surface area is 125 Å². The summed E-state index contributed by atoms with van der Waals surface area (Å²) in [6, 6.07) is 0. The molecule has 1 aliphatic rings. The Morgan fingerprint density at radius 3 is 2.50 bits per heavy atom. The summed E-state index contributed by atoms with van der Waals surface area (Å²) in [5, 5.41) is -0.291. The van der Waals surface area contributed by atoms with E-state index in [1.54, 1.807) is 13.8 Å². The summed E-state index contributed by atoms with van der Waals surface area (Å²) in [5.74, 6) is 0.928. The lowest BCUT2D eigenvalue weighted by atomic mass is 9.75. The van der Waals surface area contributed by atoms with Crippen molar-refractivity contribution in [2.45, 2.75) is 64.2 Å². The summed E-state index contributed by atoms with van der Waals surface area (Å²) >= 11 is 0. The van der Waals surface area contributed by atoms with Crippen molar-refractivity contribution < 1.29 is 8.42 Å². The Morgan fingerprint density at radius 2 is 2.05 bits per heavy atom. The lowest BCUT2D eigenvalue weighted by molar-refractivity contribution is 0.0485. The molecule has 1 fully saturated rings. The standard InChI is InChI=1S/C15H32N2O2S/c1-5-17(9-10-20(18,19)13(2)3)15(12-16)8-6-7-14(4)11-15/h13-14H,5-12,16H2,1-4H3. The van der Waals surface area contributed by atoms with Crippen molar-refractivity contribution in [1.82, 2.24) is 4.90 Å². The van der Waals surface area contributed by atoms with E-state index in [1.807, 2.05) is 0 Å². The zero-order valence-corrected chi connectivity index (χ0v) is 14.4. The summed E-state index contributed by atoms with van der Waals surface area (Å²) in [5.41, 5.74) is 6.10.